The number of hydrogen-bond donors (Lipinski definition) is 2. The lowest BCUT2D eigenvalue weighted by Crippen LogP contribution is -2.57. The van der Waals surface area contributed by atoms with Crippen molar-refractivity contribution in [1.82, 2.24) is 10.6 Å². The largest absolute Gasteiger partial charge is 0.378 e. The third-order valence-electron chi connectivity index (χ3n) is 5.91. The summed E-state index contributed by atoms with van der Waals surface area (Å²) in [7, 11) is 0. The Labute approximate surface area is 154 Å². The molecule has 26 heavy (non-hydrogen) atoms. The maximum atomic E-state index is 12.8. The van der Waals surface area contributed by atoms with Crippen molar-refractivity contribution in [2.75, 3.05) is 18.1 Å². The van der Waals surface area contributed by atoms with Crippen molar-refractivity contribution in [1.29, 1.82) is 0 Å². The molecule has 3 amide bonds. The molecule has 140 valence electrons. The van der Waals surface area contributed by atoms with E-state index in [9.17, 15) is 9.59 Å². The topological polar surface area (TPSA) is 70.7 Å². The van der Waals surface area contributed by atoms with Crippen LogP contribution >= 0.6 is 0 Å². The SMILES string of the molecule is O=C(NC1CCCN(c2ccccc2)C1=O)NC1CCCC2OCCC12. The first-order chi connectivity index (χ1) is 12.7. The number of piperidine rings is 1. The van der Waals surface area contributed by atoms with Gasteiger partial charge in [0.05, 0.1) is 6.10 Å². The molecule has 0 spiro atoms. The molecule has 1 aromatic carbocycles. The van der Waals surface area contributed by atoms with Gasteiger partial charge in [0.25, 0.3) is 0 Å². The zero-order valence-electron chi connectivity index (χ0n) is 15.0. The van der Waals surface area contributed by atoms with Crippen molar-refractivity contribution in [2.24, 2.45) is 5.92 Å². The number of nitrogens with zero attached hydrogens (tertiary/aromatic N) is 1. The molecule has 4 atom stereocenters. The van der Waals surface area contributed by atoms with Gasteiger partial charge in [-0.1, -0.05) is 18.2 Å². The van der Waals surface area contributed by atoms with Gasteiger partial charge in [-0.25, -0.2) is 4.79 Å². The number of hydrogen-bond acceptors (Lipinski definition) is 3. The van der Waals surface area contributed by atoms with Crippen molar-refractivity contribution >= 4 is 17.6 Å². The Morgan fingerprint density at radius 1 is 1.04 bits per heavy atom. The maximum absolute atomic E-state index is 12.8. The molecule has 2 saturated heterocycles. The summed E-state index contributed by atoms with van der Waals surface area (Å²) in [6, 6.07) is 9.13. The molecule has 1 saturated carbocycles. The van der Waals surface area contributed by atoms with E-state index in [4.69, 9.17) is 4.74 Å². The van der Waals surface area contributed by atoms with Crippen LogP contribution in [0.25, 0.3) is 0 Å². The van der Waals surface area contributed by atoms with Gasteiger partial charge in [-0.05, 0) is 50.7 Å². The zero-order valence-corrected chi connectivity index (χ0v) is 15.0. The second-order valence-electron chi connectivity index (χ2n) is 7.54. The highest BCUT2D eigenvalue weighted by molar-refractivity contribution is 5.99. The van der Waals surface area contributed by atoms with Gasteiger partial charge in [0.1, 0.15) is 6.04 Å². The third kappa shape index (κ3) is 3.56. The van der Waals surface area contributed by atoms with Crippen LogP contribution < -0.4 is 15.5 Å². The molecule has 6 nitrogen and oxygen atoms in total. The number of ether oxygens (including phenoxy) is 1. The van der Waals surface area contributed by atoms with E-state index in [2.05, 4.69) is 10.6 Å². The minimum atomic E-state index is -0.455. The molecule has 0 bridgehead atoms. The smallest absolute Gasteiger partial charge is 0.315 e. The Morgan fingerprint density at radius 3 is 2.73 bits per heavy atom. The van der Waals surface area contributed by atoms with E-state index in [1.165, 1.54) is 0 Å². The van der Waals surface area contributed by atoms with Gasteiger partial charge in [0, 0.05) is 30.8 Å². The van der Waals surface area contributed by atoms with E-state index in [0.717, 1.165) is 44.4 Å². The van der Waals surface area contributed by atoms with E-state index in [1.807, 2.05) is 30.3 Å². The Kier molecular flexibility index (Phi) is 5.11. The molecule has 0 aromatic heterocycles. The van der Waals surface area contributed by atoms with Gasteiger partial charge in [0.15, 0.2) is 0 Å². The first-order valence-electron chi connectivity index (χ1n) is 9.77. The number of carbonyl (C=O) groups is 2. The normalized spacial score (nSPS) is 31.4. The predicted molar refractivity (Wildman–Crippen MR) is 99.0 cm³/mol. The number of fused-ring (bicyclic) bond motifs is 1. The van der Waals surface area contributed by atoms with E-state index in [0.29, 0.717) is 25.0 Å². The second-order valence-corrected chi connectivity index (χ2v) is 7.54. The van der Waals surface area contributed by atoms with Crippen LogP contribution in [0.15, 0.2) is 30.3 Å². The number of rotatable bonds is 3. The minimum Gasteiger partial charge on any atom is -0.378 e. The summed E-state index contributed by atoms with van der Waals surface area (Å²) in [5, 5.41) is 6.03. The van der Waals surface area contributed by atoms with Crippen LogP contribution in [-0.4, -0.2) is 43.3 Å². The van der Waals surface area contributed by atoms with E-state index in [-0.39, 0.29) is 18.0 Å². The molecule has 0 radical (unpaired) electrons. The van der Waals surface area contributed by atoms with Gasteiger partial charge in [0.2, 0.25) is 5.91 Å². The number of amides is 3. The number of para-hydroxylation sites is 1. The summed E-state index contributed by atoms with van der Waals surface area (Å²) in [6.07, 6.45) is 6.04. The summed E-state index contributed by atoms with van der Waals surface area (Å²) in [5.41, 5.74) is 0.891. The van der Waals surface area contributed by atoms with E-state index in [1.54, 1.807) is 4.90 Å². The van der Waals surface area contributed by atoms with Crippen LogP contribution in [0.4, 0.5) is 10.5 Å². The number of carbonyl (C=O) groups excluding carboxylic acids is 2. The van der Waals surface area contributed by atoms with Crippen molar-refractivity contribution in [3.8, 4) is 0 Å². The van der Waals surface area contributed by atoms with Gasteiger partial charge in [-0.2, -0.15) is 0 Å². The van der Waals surface area contributed by atoms with Crippen LogP contribution in [0, 0.1) is 5.92 Å². The lowest BCUT2D eigenvalue weighted by atomic mass is 9.82. The molecule has 2 N–H and O–H groups in total. The van der Waals surface area contributed by atoms with Gasteiger partial charge in [-0.15, -0.1) is 0 Å². The number of nitrogens with one attached hydrogen (secondary N) is 2. The lowest BCUT2D eigenvalue weighted by Gasteiger charge is -2.35. The van der Waals surface area contributed by atoms with Crippen LogP contribution in [0.5, 0.6) is 0 Å². The number of anilines is 1. The summed E-state index contributed by atoms with van der Waals surface area (Å²) in [4.78, 5) is 27.1. The summed E-state index contributed by atoms with van der Waals surface area (Å²) >= 11 is 0. The fraction of sp³-hybridized carbons (Fsp3) is 0.600. The lowest BCUT2D eigenvalue weighted by molar-refractivity contribution is -0.121. The highest BCUT2D eigenvalue weighted by Crippen LogP contribution is 2.34. The fourth-order valence-electron chi connectivity index (χ4n) is 4.60. The van der Waals surface area contributed by atoms with Crippen molar-refractivity contribution in [3.05, 3.63) is 30.3 Å². The molecule has 3 aliphatic rings. The Morgan fingerprint density at radius 2 is 1.88 bits per heavy atom. The molecular formula is C20H27N3O3. The van der Waals surface area contributed by atoms with Gasteiger partial charge >= 0.3 is 6.03 Å². The average molecular weight is 357 g/mol. The molecular weight excluding hydrogens is 330 g/mol. The van der Waals surface area contributed by atoms with Crippen molar-refractivity contribution in [3.63, 3.8) is 0 Å². The fourth-order valence-corrected chi connectivity index (χ4v) is 4.60. The zero-order chi connectivity index (χ0) is 17.9. The highest BCUT2D eigenvalue weighted by Gasteiger charge is 2.39. The van der Waals surface area contributed by atoms with Crippen LogP contribution in [0.3, 0.4) is 0 Å². The Hall–Kier alpha value is -2.08. The molecule has 4 rings (SSSR count). The monoisotopic (exact) mass is 357 g/mol. The van der Waals surface area contributed by atoms with Crippen molar-refractivity contribution < 1.29 is 14.3 Å². The first-order valence-corrected chi connectivity index (χ1v) is 9.77. The van der Waals surface area contributed by atoms with Crippen LogP contribution in [0.2, 0.25) is 0 Å². The molecule has 4 unspecified atom stereocenters. The average Bonchev–Trinajstić information content (AvgIpc) is 3.14. The molecule has 2 aliphatic heterocycles. The summed E-state index contributed by atoms with van der Waals surface area (Å²) < 4.78 is 5.77. The quantitative estimate of drug-likeness (QED) is 0.873. The van der Waals surface area contributed by atoms with Crippen LogP contribution in [-0.2, 0) is 9.53 Å². The summed E-state index contributed by atoms with van der Waals surface area (Å²) in [6.45, 7) is 1.49. The molecule has 2 heterocycles. The van der Waals surface area contributed by atoms with Crippen LogP contribution in [0.1, 0.15) is 38.5 Å². The Balaban J connectivity index is 1.35. The second kappa shape index (κ2) is 7.66. The van der Waals surface area contributed by atoms with E-state index < -0.39 is 6.04 Å². The summed E-state index contributed by atoms with van der Waals surface area (Å²) in [5.74, 6) is 0.390. The van der Waals surface area contributed by atoms with Gasteiger partial charge < -0.3 is 20.3 Å². The molecule has 1 aliphatic carbocycles. The molecule has 6 heteroatoms. The van der Waals surface area contributed by atoms with Crippen molar-refractivity contribution in [2.45, 2.75) is 56.7 Å². The minimum absolute atomic E-state index is 0.0247. The predicted octanol–water partition coefficient (Wildman–Crippen LogP) is 2.44. The standard InChI is InChI=1S/C20H27N3O3/c24-19-17(9-5-12-23(19)14-6-2-1-3-7-14)22-20(25)21-16-8-4-10-18-15(16)11-13-26-18/h1-3,6-7,15-18H,4-5,8-13H2,(H2,21,22,25). The maximum Gasteiger partial charge on any atom is 0.315 e. The van der Waals surface area contributed by atoms with E-state index >= 15 is 0 Å². The Bertz CT molecular complexity index is 651. The third-order valence-corrected chi connectivity index (χ3v) is 5.91. The number of benzene rings is 1. The van der Waals surface area contributed by atoms with Gasteiger partial charge in [-0.3, -0.25) is 4.79 Å². The number of urea groups is 1. The highest BCUT2D eigenvalue weighted by atomic mass is 16.5. The molecule has 3 fully saturated rings. The molecule has 1 aromatic rings. The first kappa shape index (κ1) is 17.3.